The maximum Gasteiger partial charge on any atom is 0.315 e. The van der Waals surface area contributed by atoms with Crippen LogP contribution in [0.1, 0.15) is 44.9 Å². The quantitative estimate of drug-likeness (QED) is 0.724. The summed E-state index contributed by atoms with van der Waals surface area (Å²) >= 11 is 0. The number of amides is 2. The van der Waals surface area contributed by atoms with E-state index in [1.54, 1.807) is 10.9 Å². The highest BCUT2D eigenvalue weighted by Gasteiger charge is 2.23. The fourth-order valence-corrected chi connectivity index (χ4v) is 3.90. The summed E-state index contributed by atoms with van der Waals surface area (Å²) in [6.07, 6.45) is 11.0. The molecule has 7 heteroatoms. The fraction of sp³-hybridized carbons (Fsp3) is 0.778. The number of aliphatic hydroxyl groups excluding tert-OH is 1. The molecule has 1 saturated carbocycles. The highest BCUT2D eigenvalue weighted by molar-refractivity contribution is 5.74. The number of likely N-dealkylation sites (tertiary alicyclic amines) is 1. The van der Waals surface area contributed by atoms with Gasteiger partial charge in [0.15, 0.2) is 0 Å². The first-order chi connectivity index (χ1) is 12.2. The standard InChI is InChI=1S/C18H31N5O2/c24-17(14-23-10-4-9-19-23)13-22-11-7-16(8-12-22)21-18(25)20-15-5-2-1-3-6-15/h4,9-10,15-17,24H,1-3,5-8,11-14H2,(H2,20,21,25). The van der Waals surface area contributed by atoms with Gasteiger partial charge in [0, 0.05) is 44.1 Å². The number of hydrogen-bond acceptors (Lipinski definition) is 4. The molecule has 2 heterocycles. The van der Waals surface area contributed by atoms with E-state index >= 15 is 0 Å². The molecular weight excluding hydrogens is 318 g/mol. The van der Waals surface area contributed by atoms with Crippen molar-refractivity contribution in [2.24, 2.45) is 0 Å². The zero-order valence-corrected chi connectivity index (χ0v) is 14.9. The Morgan fingerprint density at radius 3 is 2.40 bits per heavy atom. The van der Waals surface area contributed by atoms with Crippen molar-refractivity contribution in [1.29, 1.82) is 0 Å². The van der Waals surface area contributed by atoms with Crippen LogP contribution in [0.25, 0.3) is 0 Å². The molecule has 3 rings (SSSR count). The maximum atomic E-state index is 12.1. The molecule has 0 bridgehead atoms. The molecule has 0 spiro atoms. The third-order valence-electron chi connectivity index (χ3n) is 5.29. The molecule has 7 nitrogen and oxygen atoms in total. The van der Waals surface area contributed by atoms with Gasteiger partial charge in [-0.3, -0.25) is 4.68 Å². The van der Waals surface area contributed by atoms with Crippen LogP contribution in [-0.2, 0) is 6.54 Å². The summed E-state index contributed by atoms with van der Waals surface area (Å²) in [7, 11) is 0. The summed E-state index contributed by atoms with van der Waals surface area (Å²) in [6, 6.07) is 2.45. The lowest BCUT2D eigenvalue weighted by molar-refractivity contribution is 0.0804. The van der Waals surface area contributed by atoms with E-state index in [1.165, 1.54) is 19.3 Å². The fourth-order valence-electron chi connectivity index (χ4n) is 3.90. The summed E-state index contributed by atoms with van der Waals surface area (Å²) in [5.41, 5.74) is 0. The van der Waals surface area contributed by atoms with Crippen LogP contribution in [0.2, 0.25) is 0 Å². The third kappa shape index (κ3) is 6.01. The van der Waals surface area contributed by atoms with E-state index in [4.69, 9.17) is 0 Å². The van der Waals surface area contributed by atoms with Gasteiger partial charge in [-0.15, -0.1) is 0 Å². The van der Waals surface area contributed by atoms with Crippen molar-refractivity contribution >= 4 is 6.03 Å². The SMILES string of the molecule is O=C(NC1CCCCC1)NC1CCN(CC(O)Cn2cccn2)CC1. The molecule has 140 valence electrons. The number of β-amino-alcohol motifs (C(OH)–C–C–N with tert-alkyl or cyclic N) is 1. The Bertz CT molecular complexity index is 508. The predicted octanol–water partition coefficient (Wildman–Crippen LogP) is 1.34. The first-order valence-electron chi connectivity index (χ1n) is 9.64. The first-order valence-corrected chi connectivity index (χ1v) is 9.64. The average molecular weight is 349 g/mol. The number of nitrogens with zero attached hydrogens (tertiary/aromatic N) is 3. The molecule has 3 N–H and O–H groups in total. The summed E-state index contributed by atoms with van der Waals surface area (Å²) in [5, 5.41) is 20.6. The van der Waals surface area contributed by atoms with Crippen LogP contribution in [0.4, 0.5) is 4.79 Å². The largest absolute Gasteiger partial charge is 0.390 e. The summed E-state index contributed by atoms with van der Waals surface area (Å²) < 4.78 is 1.76. The van der Waals surface area contributed by atoms with Crippen molar-refractivity contribution in [2.75, 3.05) is 19.6 Å². The normalized spacial score (nSPS) is 21.8. The highest BCUT2D eigenvalue weighted by Crippen LogP contribution is 2.17. The topological polar surface area (TPSA) is 82.4 Å². The van der Waals surface area contributed by atoms with Gasteiger partial charge in [-0.2, -0.15) is 5.10 Å². The number of nitrogens with one attached hydrogen (secondary N) is 2. The summed E-state index contributed by atoms with van der Waals surface area (Å²) in [5.74, 6) is 0. The second-order valence-corrected chi connectivity index (χ2v) is 7.41. The van der Waals surface area contributed by atoms with Crippen LogP contribution in [0.5, 0.6) is 0 Å². The number of aromatic nitrogens is 2. The van der Waals surface area contributed by atoms with Crippen molar-refractivity contribution in [1.82, 2.24) is 25.3 Å². The van der Waals surface area contributed by atoms with E-state index in [2.05, 4.69) is 20.6 Å². The van der Waals surface area contributed by atoms with Gasteiger partial charge in [-0.1, -0.05) is 19.3 Å². The van der Waals surface area contributed by atoms with Crippen LogP contribution < -0.4 is 10.6 Å². The van der Waals surface area contributed by atoms with Crippen molar-refractivity contribution in [3.63, 3.8) is 0 Å². The Kier molecular flexibility index (Phi) is 6.69. The number of urea groups is 1. The molecule has 1 saturated heterocycles. The van der Waals surface area contributed by atoms with Gasteiger partial charge in [0.2, 0.25) is 0 Å². The lowest BCUT2D eigenvalue weighted by Crippen LogP contribution is -2.51. The zero-order valence-electron chi connectivity index (χ0n) is 14.9. The van der Waals surface area contributed by atoms with Crippen molar-refractivity contribution < 1.29 is 9.90 Å². The van der Waals surface area contributed by atoms with Crippen molar-refractivity contribution in [3.05, 3.63) is 18.5 Å². The summed E-state index contributed by atoms with van der Waals surface area (Å²) in [6.45, 7) is 2.99. The second-order valence-electron chi connectivity index (χ2n) is 7.41. The Morgan fingerprint density at radius 2 is 1.76 bits per heavy atom. The number of carbonyl (C=O) groups excluding carboxylic acids is 1. The Morgan fingerprint density at radius 1 is 1.08 bits per heavy atom. The van der Waals surface area contributed by atoms with Gasteiger partial charge in [-0.05, 0) is 31.7 Å². The van der Waals surface area contributed by atoms with E-state index in [9.17, 15) is 9.90 Å². The number of hydrogen-bond donors (Lipinski definition) is 3. The molecule has 2 amide bonds. The minimum atomic E-state index is -0.418. The van der Waals surface area contributed by atoms with Crippen LogP contribution in [0.15, 0.2) is 18.5 Å². The molecule has 1 aliphatic heterocycles. The number of rotatable bonds is 6. The molecule has 1 aromatic heterocycles. The van der Waals surface area contributed by atoms with Gasteiger partial charge in [0.05, 0.1) is 12.6 Å². The average Bonchev–Trinajstić information content (AvgIpc) is 3.10. The van der Waals surface area contributed by atoms with E-state index in [0.29, 0.717) is 19.1 Å². The molecule has 2 aliphatic rings. The van der Waals surface area contributed by atoms with E-state index in [-0.39, 0.29) is 12.1 Å². The molecule has 0 aromatic carbocycles. The van der Waals surface area contributed by atoms with Crippen LogP contribution in [0, 0.1) is 0 Å². The molecule has 1 aromatic rings. The first kappa shape index (κ1) is 18.2. The summed E-state index contributed by atoms with van der Waals surface area (Å²) in [4.78, 5) is 14.4. The Balaban J connectivity index is 1.32. The van der Waals surface area contributed by atoms with Gasteiger partial charge in [0.1, 0.15) is 0 Å². The number of carbonyl (C=O) groups is 1. The third-order valence-corrected chi connectivity index (χ3v) is 5.29. The Labute approximate surface area is 149 Å². The van der Waals surface area contributed by atoms with Gasteiger partial charge in [-0.25, -0.2) is 4.79 Å². The molecular formula is C18H31N5O2. The maximum absolute atomic E-state index is 12.1. The van der Waals surface area contributed by atoms with Crippen molar-refractivity contribution in [3.8, 4) is 0 Å². The monoisotopic (exact) mass is 349 g/mol. The van der Waals surface area contributed by atoms with E-state index in [0.717, 1.165) is 38.8 Å². The van der Waals surface area contributed by atoms with Crippen molar-refractivity contribution in [2.45, 2.75) is 69.7 Å². The smallest absolute Gasteiger partial charge is 0.315 e. The van der Waals surface area contributed by atoms with Crippen LogP contribution >= 0.6 is 0 Å². The molecule has 1 atom stereocenters. The molecule has 2 fully saturated rings. The molecule has 0 radical (unpaired) electrons. The van der Waals surface area contributed by atoms with Gasteiger partial charge >= 0.3 is 6.03 Å². The zero-order chi connectivity index (χ0) is 17.5. The minimum Gasteiger partial charge on any atom is -0.390 e. The van der Waals surface area contributed by atoms with Crippen LogP contribution in [0.3, 0.4) is 0 Å². The Hall–Kier alpha value is -1.60. The number of aliphatic hydroxyl groups is 1. The van der Waals surface area contributed by atoms with Gasteiger partial charge in [0.25, 0.3) is 0 Å². The van der Waals surface area contributed by atoms with E-state index in [1.807, 2.05) is 12.3 Å². The predicted molar refractivity (Wildman–Crippen MR) is 96.2 cm³/mol. The molecule has 25 heavy (non-hydrogen) atoms. The van der Waals surface area contributed by atoms with Crippen LogP contribution in [-0.4, -0.2) is 63.6 Å². The lowest BCUT2D eigenvalue weighted by atomic mass is 9.96. The second kappa shape index (κ2) is 9.20. The molecule has 1 unspecified atom stereocenters. The van der Waals surface area contributed by atoms with Gasteiger partial charge < -0.3 is 20.6 Å². The minimum absolute atomic E-state index is 0.0101. The van der Waals surface area contributed by atoms with E-state index < -0.39 is 6.10 Å². The highest BCUT2D eigenvalue weighted by atomic mass is 16.3. The number of piperidine rings is 1. The lowest BCUT2D eigenvalue weighted by Gasteiger charge is -2.34. The molecule has 1 aliphatic carbocycles.